The highest BCUT2D eigenvalue weighted by Crippen LogP contribution is 2.35. The highest BCUT2D eigenvalue weighted by atomic mass is 32.1. The van der Waals surface area contributed by atoms with Crippen molar-refractivity contribution in [2.24, 2.45) is 0 Å². The zero-order chi connectivity index (χ0) is 21.3. The molecular formula is C21H14FN3O4S. The molecule has 0 saturated carbocycles. The fraction of sp³-hybridized carbons (Fsp3) is 0.0952. The molecule has 2 aromatic carbocycles. The van der Waals surface area contributed by atoms with Crippen LogP contribution >= 0.6 is 11.3 Å². The lowest BCUT2D eigenvalue weighted by atomic mass is 10.1. The molecule has 150 valence electrons. The minimum Gasteiger partial charge on any atom is -0.454 e. The third kappa shape index (κ3) is 3.56. The molecule has 3 aromatic rings. The monoisotopic (exact) mass is 423 g/mol. The number of hydrogen-bond acceptors (Lipinski definition) is 6. The molecule has 30 heavy (non-hydrogen) atoms. The Labute approximate surface area is 174 Å². The second-order valence-electron chi connectivity index (χ2n) is 6.33. The summed E-state index contributed by atoms with van der Waals surface area (Å²) in [5, 5.41) is 14.9. The number of thiophene rings is 1. The normalized spacial score (nSPS) is 11.6. The van der Waals surface area contributed by atoms with Gasteiger partial charge >= 0.3 is 0 Å². The van der Waals surface area contributed by atoms with Crippen LogP contribution < -0.4 is 20.1 Å². The number of rotatable bonds is 4. The van der Waals surface area contributed by atoms with Gasteiger partial charge in [0, 0.05) is 5.56 Å². The third-order valence-electron chi connectivity index (χ3n) is 4.45. The van der Waals surface area contributed by atoms with E-state index in [2.05, 4.69) is 10.6 Å². The van der Waals surface area contributed by atoms with Crippen molar-refractivity contribution in [1.29, 1.82) is 5.26 Å². The molecule has 0 unspecified atom stereocenters. The molecule has 1 aliphatic heterocycles. The van der Waals surface area contributed by atoms with Gasteiger partial charge in [0.25, 0.3) is 11.8 Å². The minimum atomic E-state index is -0.572. The van der Waals surface area contributed by atoms with Crippen molar-refractivity contribution >= 4 is 33.8 Å². The maximum absolute atomic E-state index is 13.8. The number of nitrogens with one attached hydrogen (secondary N) is 2. The van der Waals surface area contributed by atoms with Crippen LogP contribution in [0.4, 0.5) is 15.1 Å². The van der Waals surface area contributed by atoms with E-state index in [4.69, 9.17) is 9.47 Å². The topological polar surface area (TPSA) is 100 Å². The number of hydrogen-bond donors (Lipinski definition) is 2. The van der Waals surface area contributed by atoms with E-state index in [1.54, 1.807) is 25.1 Å². The molecule has 0 radical (unpaired) electrons. The van der Waals surface area contributed by atoms with Gasteiger partial charge in [-0.15, -0.1) is 11.3 Å². The van der Waals surface area contributed by atoms with Gasteiger partial charge in [-0.25, -0.2) is 4.39 Å². The molecule has 0 atom stereocenters. The van der Waals surface area contributed by atoms with Gasteiger partial charge < -0.3 is 20.1 Å². The Balaban J connectivity index is 1.58. The Kier molecular flexibility index (Phi) is 5.08. The van der Waals surface area contributed by atoms with Crippen LogP contribution in [0, 0.1) is 24.1 Å². The van der Waals surface area contributed by atoms with Crippen LogP contribution in [0.2, 0.25) is 0 Å². The van der Waals surface area contributed by atoms with Gasteiger partial charge in [-0.1, -0.05) is 12.1 Å². The number of carbonyl (C=O) groups excluding carboxylic acids is 2. The number of nitrogens with zero attached hydrogens (tertiary/aromatic N) is 1. The van der Waals surface area contributed by atoms with Gasteiger partial charge in [0.2, 0.25) is 6.79 Å². The summed E-state index contributed by atoms with van der Waals surface area (Å²) in [4.78, 5) is 25.5. The average Bonchev–Trinajstić information content (AvgIpc) is 3.33. The number of nitriles is 1. The van der Waals surface area contributed by atoms with E-state index >= 15 is 0 Å². The number of ether oxygens (including phenoxy) is 2. The summed E-state index contributed by atoms with van der Waals surface area (Å²) in [5.74, 6) is -0.606. The number of halogens is 1. The summed E-state index contributed by atoms with van der Waals surface area (Å²) in [5.41, 5.74) is 0.913. The maximum Gasteiger partial charge on any atom is 0.266 e. The number of carbonyl (C=O) groups is 2. The van der Waals surface area contributed by atoms with E-state index in [1.807, 2.05) is 6.07 Å². The van der Waals surface area contributed by atoms with Crippen LogP contribution in [0.25, 0.3) is 0 Å². The van der Waals surface area contributed by atoms with Gasteiger partial charge in [0.05, 0.1) is 16.1 Å². The van der Waals surface area contributed by atoms with Crippen LogP contribution in [0.1, 0.15) is 31.2 Å². The molecule has 2 heterocycles. The summed E-state index contributed by atoms with van der Waals surface area (Å²) in [6.07, 6.45) is 0. The number of amides is 2. The van der Waals surface area contributed by atoms with Crippen molar-refractivity contribution in [2.75, 3.05) is 17.4 Å². The molecule has 4 rings (SSSR count). The molecule has 0 saturated heterocycles. The van der Waals surface area contributed by atoms with Crippen LogP contribution in [0.3, 0.4) is 0 Å². The summed E-state index contributed by atoms with van der Waals surface area (Å²) >= 11 is 0.947. The Hall–Kier alpha value is -3.90. The van der Waals surface area contributed by atoms with Gasteiger partial charge in [-0.05, 0) is 42.8 Å². The number of para-hydroxylation sites is 1. The molecule has 2 N–H and O–H groups in total. The standard InChI is InChI=1S/C21H14FN3O4S/c1-11-13(9-23)21(25-19(26)12-6-7-16-17(8-12)29-10-28-16)30-18(11)20(27)24-15-5-3-2-4-14(15)22/h2-8H,10H2,1H3,(H,24,27)(H,25,26). The predicted molar refractivity (Wildman–Crippen MR) is 109 cm³/mol. The van der Waals surface area contributed by atoms with E-state index in [0.717, 1.165) is 11.3 Å². The van der Waals surface area contributed by atoms with Crippen LogP contribution in [-0.4, -0.2) is 18.6 Å². The zero-order valence-electron chi connectivity index (χ0n) is 15.6. The van der Waals surface area contributed by atoms with Crippen molar-refractivity contribution < 1.29 is 23.5 Å². The summed E-state index contributed by atoms with van der Waals surface area (Å²) < 4.78 is 24.3. The summed E-state index contributed by atoms with van der Waals surface area (Å²) in [7, 11) is 0. The van der Waals surface area contributed by atoms with E-state index in [9.17, 15) is 19.2 Å². The van der Waals surface area contributed by atoms with E-state index in [-0.39, 0.29) is 27.9 Å². The lowest BCUT2D eigenvalue weighted by molar-refractivity contribution is 0.101. The van der Waals surface area contributed by atoms with E-state index < -0.39 is 17.6 Å². The average molecular weight is 423 g/mol. The maximum atomic E-state index is 13.8. The second kappa shape index (κ2) is 7.85. The van der Waals surface area contributed by atoms with Gasteiger partial charge in [0.15, 0.2) is 11.5 Å². The Morgan fingerprint density at radius 1 is 1.10 bits per heavy atom. The van der Waals surface area contributed by atoms with Crippen molar-refractivity contribution in [3.8, 4) is 17.6 Å². The van der Waals surface area contributed by atoms with Crippen molar-refractivity contribution in [3.63, 3.8) is 0 Å². The molecule has 2 amide bonds. The highest BCUT2D eigenvalue weighted by Gasteiger charge is 2.23. The van der Waals surface area contributed by atoms with Crippen molar-refractivity contribution in [1.82, 2.24) is 0 Å². The van der Waals surface area contributed by atoms with Crippen LogP contribution in [0.15, 0.2) is 42.5 Å². The predicted octanol–water partition coefficient (Wildman–Crippen LogP) is 4.30. The first kappa shape index (κ1) is 19.4. The van der Waals surface area contributed by atoms with Gasteiger partial charge in [-0.3, -0.25) is 9.59 Å². The first-order chi connectivity index (χ1) is 14.5. The van der Waals surface area contributed by atoms with E-state index in [1.165, 1.54) is 24.3 Å². The van der Waals surface area contributed by atoms with Gasteiger partial charge in [0.1, 0.15) is 16.9 Å². The summed E-state index contributed by atoms with van der Waals surface area (Å²) in [6, 6.07) is 12.5. The highest BCUT2D eigenvalue weighted by molar-refractivity contribution is 7.18. The molecule has 9 heteroatoms. The van der Waals surface area contributed by atoms with Crippen molar-refractivity contribution in [2.45, 2.75) is 6.92 Å². The lowest BCUT2D eigenvalue weighted by Gasteiger charge is -2.05. The number of anilines is 2. The molecule has 0 fully saturated rings. The summed E-state index contributed by atoms with van der Waals surface area (Å²) in [6.45, 7) is 1.69. The Morgan fingerprint density at radius 2 is 1.87 bits per heavy atom. The fourth-order valence-corrected chi connectivity index (χ4v) is 3.96. The fourth-order valence-electron chi connectivity index (χ4n) is 2.91. The zero-order valence-corrected chi connectivity index (χ0v) is 16.4. The third-order valence-corrected chi connectivity index (χ3v) is 5.65. The second-order valence-corrected chi connectivity index (χ2v) is 7.35. The SMILES string of the molecule is Cc1c(C(=O)Nc2ccccc2F)sc(NC(=O)c2ccc3c(c2)OCO3)c1C#N. The minimum absolute atomic E-state index is 0.0275. The largest absolute Gasteiger partial charge is 0.454 e. The molecule has 1 aromatic heterocycles. The van der Waals surface area contributed by atoms with Gasteiger partial charge in [-0.2, -0.15) is 5.26 Å². The Morgan fingerprint density at radius 3 is 2.63 bits per heavy atom. The molecule has 1 aliphatic rings. The first-order valence-electron chi connectivity index (χ1n) is 8.78. The van der Waals surface area contributed by atoms with E-state index in [0.29, 0.717) is 22.6 Å². The van der Waals surface area contributed by atoms with Crippen LogP contribution in [0.5, 0.6) is 11.5 Å². The first-order valence-corrected chi connectivity index (χ1v) is 9.60. The molecule has 7 nitrogen and oxygen atoms in total. The molecule has 0 bridgehead atoms. The Bertz CT molecular complexity index is 1220. The molecular weight excluding hydrogens is 409 g/mol. The lowest BCUT2D eigenvalue weighted by Crippen LogP contribution is -2.12. The molecule has 0 aliphatic carbocycles. The quantitative estimate of drug-likeness (QED) is 0.652. The molecule has 0 spiro atoms. The smallest absolute Gasteiger partial charge is 0.266 e. The van der Waals surface area contributed by atoms with Crippen LogP contribution in [-0.2, 0) is 0 Å². The number of fused-ring (bicyclic) bond motifs is 1. The van der Waals surface area contributed by atoms with Crippen molar-refractivity contribution in [3.05, 3.63) is 69.8 Å². The number of benzene rings is 2.